The number of nitrogens with two attached hydrogens (primary N) is 4. The van der Waals surface area contributed by atoms with Crippen molar-refractivity contribution in [3.8, 4) is 5.75 Å². The minimum absolute atomic E-state index is 0.0184. The molecule has 1 saturated heterocycles. The van der Waals surface area contributed by atoms with Crippen LogP contribution in [0.2, 0.25) is 0 Å². The number of hydrogen-bond donors (Lipinski definition) is 17. The minimum atomic E-state index is -1.84. The Morgan fingerprint density at radius 3 is 1.83 bits per heavy atom. The quantitative estimate of drug-likeness (QED) is 0.0185. The van der Waals surface area contributed by atoms with Crippen molar-refractivity contribution in [3.63, 3.8) is 0 Å². The lowest BCUT2D eigenvalue weighted by Gasteiger charge is -2.39. The zero-order valence-corrected chi connectivity index (χ0v) is 79.9. The van der Waals surface area contributed by atoms with Crippen LogP contribution >= 0.6 is 21.6 Å². The molecule has 132 heavy (non-hydrogen) atoms. The number of para-hydroxylation sites is 1. The van der Waals surface area contributed by atoms with Crippen LogP contribution in [0.1, 0.15) is 214 Å². The summed E-state index contributed by atoms with van der Waals surface area (Å²) in [6.45, 7) is 20.3. The number of primary amides is 2. The summed E-state index contributed by atoms with van der Waals surface area (Å²) >= 11 is 0. The molecule has 0 radical (unpaired) electrons. The molecule has 1 aliphatic rings. The van der Waals surface area contributed by atoms with E-state index in [0.717, 1.165) is 44.8 Å². The van der Waals surface area contributed by atoms with Gasteiger partial charge in [-0.2, -0.15) is 0 Å². The van der Waals surface area contributed by atoms with Gasteiger partial charge in [0.1, 0.15) is 60.4 Å². The lowest BCUT2D eigenvalue weighted by atomic mass is 9.77. The number of aromatic nitrogens is 1. The van der Waals surface area contributed by atoms with Gasteiger partial charge in [0.15, 0.2) is 17.3 Å². The SMILES string of the molecule is CC(=O)CCCCC[C@@H]1NC(=O)[C@H](Cc2c[nH]c3c(C)cccc23)NC(=O)[C@H]([C@@H](C)O)NC(=O)[C@H](CCNC(C)=O)NC(=O)[C@@H](NC(C)=O)C(C)(C)SSC(C)(C)[C@@H](C(=O)C[C@@H](Cc2ccc(OCCN)cc2)C(=O)N[C@@H](Cc2ccc3ccccc3c2)C(=O)C[C@@](C)(CCCCN)C(=O)N[C@@H](CCCCNC(C)=O)C(=O)C[C@@H](CC(N)=O)C(=O)N[C@H](CC(C)C)C(N)=O)NC1=O. The molecule has 6 rings (SSSR count). The van der Waals surface area contributed by atoms with E-state index in [0.29, 0.717) is 59.0 Å². The lowest BCUT2D eigenvalue weighted by molar-refractivity contribution is -0.140. The number of ketones is 4. The van der Waals surface area contributed by atoms with Crippen molar-refractivity contribution in [2.45, 2.75) is 288 Å². The molecule has 0 unspecified atom stereocenters. The van der Waals surface area contributed by atoms with Crippen LogP contribution < -0.4 is 86.2 Å². The predicted octanol–water partition coefficient (Wildman–Crippen LogP) is 4.74. The second-order valence-corrected chi connectivity index (χ2v) is 39.8. The molecule has 13 amide bonds. The molecule has 2 heterocycles. The first-order valence-corrected chi connectivity index (χ1v) is 47.4. The highest BCUT2D eigenvalue weighted by atomic mass is 33.1. The van der Waals surface area contributed by atoms with Gasteiger partial charge in [-0.1, -0.05) is 134 Å². The maximum Gasteiger partial charge on any atom is 0.245 e. The number of fused-ring (bicyclic) bond motifs is 2. The number of aryl methyl sites for hydroxylation is 1. The number of rotatable bonds is 49. The number of carbonyl (C=O) groups is 17. The van der Waals surface area contributed by atoms with Gasteiger partial charge in [0.2, 0.25) is 76.8 Å². The van der Waals surface area contributed by atoms with Crippen LogP contribution in [0.15, 0.2) is 91.1 Å². The fourth-order valence-corrected chi connectivity index (χ4v) is 18.7. The molecular weight excluding hydrogens is 1730 g/mol. The first-order chi connectivity index (χ1) is 62.2. The van der Waals surface area contributed by atoms with Gasteiger partial charge in [-0.3, -0.25) is 76.7 Å². The first kappa shape index (κ1) is 110. The van der Waals surface area contributed by atoms with E-state index in [1.165, 1.54) is 34.6 Å². The van der Waals surface area contributed by atoms with Crippen molar-refractivity contribution < 1.29 is 91.4 Å². The van der Waals surface area contributed by atoms with Gasteiger partial charge in [-0.15, -0.1) is 0 Å². The molecule has 0 saturated carbocycles. The van der Waals surface area contributed by atoms with Crippen molar-refractivity contribution in [2.75, 3.05) is 32.8 Å². The molecule has 0 aliphatic carbocycles. The average molecular weight is 1870 g/mol. The fraction of sp³-hybridized carbons (Fsp3) is 0.568. The second kappa shape index (κ2) is 52.9. The maximum atomic E-state index is 16.5. The number of nitrogens with one attached hydrogen (secondary N) is 12. The largest absolute Gasteiger partial charge is 0.492 e. The molecule has 0 bridgehead atoms. The minimum Gasteiger partial charge on any atom is -0.492 e. The van der Waals surface area contributed by atoms with Crippen LogP contribution in [0, 0.1) is 30.1 Å². The van der Waals surface area contributed by atoms with Crippen molar-refractivity contribution in [1.82, 2.24) is 63.5 Å². The highest BCUT2D eigenvalue weighted by Crippen LogP contribution is 2.47. The Hall–Kier alpha value is -11.1. The molecule has 21 N–H and O–H groups in total. The normalized spacial score (nSPS) is 19.3. The zero-order valence-electron chi connectivity index (χ0n) is 78.3. The summed E-state index contributed by atoms with van der Waals surface area (Å²) in [5.74, 6) is -15.6. The van der Waals surface area contributed by atoms with Crippen LogP contribution in [-0.4, -0.2) is 213 Å². The van der Waals surface area contributed by atoms with E-state index in [2.05, 4.69) is 63.5 Å². The Bertz CT molecular complexity index is 4870. The van der Waals surface area contributed by atoms with Crippen molar-refractivity contribution in [1.29, 1.82) is 0 Å². The zero-order chi connectivity index (χ0) is 97.9. The Morgan fingerprint density at radius 1 is 0.576 bits per heavy atom. The standard InChI is InChI=1S/C95H138N16O19S2/c1-54(2)44-74(84(99)121)107-86(123)66(51-79(98)120)49-76(117)70(29-19-22-41-100-58(6)114)109-92(129)95(13,38-20-21-39-96)52-78(119)73(47-62-31-34-63-26-17-18-27-64(63)46-62)106-85(122)65(45-61-32-35-68(36-33-61)130-43-40-97)50-77(118)82-93(9,10)131-132-94(11,12)83(103-60(8)116)91(128)105-72(37-42-101-59(7)115)87(124)110-81(57(5)113)90(127)108-75(48-67-53-102-80-55(3)24-23-28-69(67)80)89(126)104-71(88(125)111-82)30-16-14-15-25-56(4)112/h17-18,23-24,26-28,31-36,46,53-54,57,65-66,70-75,81-83,102,113H,14-16,19-22,25,29-30,37-45,47-52,96-97H2,1-13H3,(H2,98,120)(H2,99,121)(H,100,114)(H,101,115)(H,103,116)(H,104,126)(H,105,128)(H,106,122)(H,107,123)(H,108,127)(H,109,129)(H,110,124)(H,111,125)/t57-,65-,66+,70+,71+,72+,73+,74-,75+,81+,82-,83-,95-/m1/s1. The van der Waals surface area contributed by atoms with Gasteiger partial charge in [0.05, 0.1) is 29.5 Å². The van der Waals surface area contributed by atoms with Gasteiger partial charge in [0.25, 0.3) is 0 Å². The number of amides is 13. The molecule has 13 atom stereocenters. The summed E-state index contributed by atoms with van der Waals surface area (Å²) in [6, 6.07) is 11.1. The number of carbonyl (C=O) groups excluding carboxylic acids is 17. The van der Waals surface area contributed by atoms with Crippen LogP contribution in [0.3, 0.4) is 0 Å². The van der Waals surface area contributed by atoms with Crippen LogP contribution in [-0.2, 0) is 101 Å². The predicted molar refractivity (Wildman–Crippen MR) is 506 cm³/mol. The van der Waals surface area contributed by atoms with E-state index in [4.69, 9.17) is 27.7 Å². The van der Waals surface area contributed by atoms with Gasteiger partial charge in [0, 0.05) is 111 Å². The Balaban J connectivity index is 1.55. The number of aliphatic hydroxyl groups is 1. The summed E-state index contributed by atoms with van der Waals surface area (Å²) in [5.41, 5.74) is 24.6. The molecule has 5 aromatic rings. The summed E-state index contributed by atoms with van der Waals surface area (Å²) in [6.07, 6.45) is -1.41. The second-order valence-electron chi connectivity index (χ2n) is 36.3. The smallest absolute Gasteiger partial charge is 0.245 e. The van der Waals surface area contributed by atoms with E-state index in [-0.39, 0.29) is 127 Å². The molecule has 37 heteroatoms. The number of hydrogen-bond acceptors (Lipinski definition) is 23. The Kier molecular flexibility index (Phi) is 43.9. The molecule has 4 aromatic carbocycles. The van der Waals surface area contributed by atoms with Crippen LogP contribution in [0.25, 0.3) is 21.7 Å². The van der Waals surface area contributed by atoms with E-state index < -0.39 is 201 Å². The molecule has 1 aliphatic heterocycles. The van der Waals surface area contributed by atoms with Crippen molar-refractivity contribution in [3.05, 3.63) is 113 Å². The van der Waals surface area contributed by atoms with E-state index >= 15 is 33.6 Å². The highest BCUT2D eigenvalue weighted by molar-refractivity contribution is 8.77. The molecule has 1 aromatic heterocycles. The molecule has 724 valence electrons. The third-order valence-electron chi connectivity index (χ3n) is 23.3. The summed E-state index contributed by atoms with van der Waals surface area (Å²) in [5, 5.41) is 44.0. The number of aromatic amines is 1. The van der Waals surface area contributed by atoms with Gasteiger partial charge < -0.3 is 101 Å². The maximum absolute atomic E-state index is 16.5. The monoisotopic (exact) mass is 1870 g/mol. The molecule has 1 fully saturated rings. The average Bonchev–Trinajstić information content (AvgIpc) is 1.78. The summed E-state index contributed by atoms with van der Waals surface area (Å²) in [4.78, 5) is 248. The molecular formula is C95H138N16O19S2. The first-order valence-electron chi connectivity index (χ1n) is 45.3. The third-order valence-corrected chi connectivity index (χ3v) is 27.5. The molecule has 35 nitrogen and oxygen atoms in total. The van der Waals surface area contributed by atoms with E-state index in [1.54, 1.807) is 90.2 Å². The third kappa shape index (κ3) is 35.4. The molecule has 0 spiro atoms. The van der Waals surface area contributed by atoms with Crippen molar-refractivity contribution >= 4 is 143 Å². The van der Waals surface area contributed by atoms with E-state index in [9.17, 15) is 53.1 Å². The number of H-pyrrole nitrogens is 1. The topological polar surface area (TPSA) is 572 Å². The number of aliphatic hydroxyl groups excluding tert-OH is 1. The number of ether oxygens (including phenoxy) is 1. The summed E-state index contributed by atoms with van der Waals surface area (Å²) < 4.78 is 2.81. The lowest BCUT2D eigenvalue weighted by Crippen LogP contribution is -2.63. The number of benzene rings is 4. The van der Waals surface area contributed by atoms with Crippen LogP contribution in [0.5, 0.6) is 5.75 Å². The fourth-order valence-electron chi connectivity index (χ4n) is 15.9. The summed E-state index contributed by atoms with van der Waals surface area (Å²) in [7, 11) is 2.00. The van der Waals surface area contributed by atoms with Gasteiger partial charge >= 0.3 is 0 Å². The van der Waals surface area contributed by atoms with Crippen LogP contribution in [0.4, 0.5) is 0 Å². The van der Waals surface area contributed by atoms with Crippen molar-refractivity contribution in [2.24, 2.45) is 46.1 Å². The highest BCUT2D eigenvalue weighted by Gasteiger charge is 2.47. The number of Topliss-reactive ketones (excluding diaryl/α,β-unsaturated/α-hetero) is 4. The van der Waals surface area contributed by atoms with Gasteiger partial charge in [-0.05, 0) is 177 Å². The Morgan fingerprint density at radius 2 is 1.20 bits per heavy atom. The van der Waals surface area contributed by atoms with E-state index in [1.807, 2.05) is 49.4 Å². The van der Waals surface area contributed by atoms with Gasteiger partial charge in [-0.25, -0.2) is 0 Å². The number of unbranched alkanes of at least 4 members (excludes halogenated alkanes) is 4. The Labute approximate surface area is 780 Å².